The fourth-order valence-electron chi connectivity index (χ4n) is 1.99. The lowest BCUT2D eigenvalue weighted by atomic mass is 9.99. The van der Waals surface area contributed by atoms with Crippen molar-refractivity contribution in [2.24, 2.45) is 0 Å². The van der Waals surface area contributed by atoms with Crippen molar-refractivity contribution in [3.8, 4) is 0 Å². The molecule has 2 rings (SSSR count). The molecule has 0 fully saturated rings. The average molecular weight is 306 g/mol. The number of allylic oxidation sites excluding steroid dienone is 1. The lowest BCUT2D eigenvalue weighted by Crippen LogP contribution is -2.00. The summed E-state index contributed by atoms with van der Waals surface area (Å²) in [4.78, 5) is 33.9. The summed E-state index contributed by atoms with van der Waals surface area (Å²) in [6.45, 7) is 0. The number of carbonyl (C=O) groups excluding carboxylic acids is 2. The third-order valence-electron chi connectivity index (χ3n) is 3.11. The molecule has 2 aromatic rings. The Hall–Kier alpha value is -3.27. The Balaban J connectivity index is 2.35. The number of rotatable bonds is 6. The highest BCUT2D eigenvalue weighted by atomic mass is 16.4. The number of hydrogen-bond acceptors (Lipinski definition) is 3. The van der Waals surface area contributed by atoms with Gasteiger partial charge in [0.25, 0.3) is 0 Å². The summed E-state index contributed by atoms with van der Waals surface area (Å²) in [7, 11) is 0. The highest BCUT2D eigenvalue weighted by Gasteiger charge is 2.08. The van der Waals surface area contributed by atoms with Gasteiger partial charge in [0.1, 0.15) is 6.29 Å². The molecule has 4 nitrogen and oxygen atoms in total. The monoisotopic (exact) mass is 306 g/mol. The molecule has 0 heterocycles. The number of carbonyl (C=O) groups is 3. The van der Waals surface area contributed by atoms with E-state index in [-0.39, 0.29) is 11.3 Å². The fourth-order valence-corrected chi connectivity index (χ4v) is 1.99. The van der Waals surface area contributed by atoms with E-state index in [2.05, 4.69) is 0 Å². The van der Waals surface area contributed by atoms with Gasteiger partial charge in [-0.15, -0.1) is 0 Å². The molecule has 0 aliphatic heterocycles. The summed E-state index contributed by atoms with van der Waals surface area (Å²) in [5.41, 5.74) is 1.95. The minimum atomic E-state index is -1.11. The van der Waals surface area contributed by atoms with Crippen LogP contribution in [0.4, 0.5) is 0 Å². The molecule has 0 spiro atoms. The van der Waals surface area contributed by atoms with Gasteiger partial charge in [0.05, 0.1) is 0 Å². The van der Waals surface area contributed by atoms with E-state index < -0.39 is 5.97 Å². The van der Waals surface area contributed by atoms with Crippen molar-refractivity contribution in [1.82, 2.24) is 0 Å². The molecule has 1 N–H and O–H groups in total. The smallest absolute Gasteiger partial charge is 0.328 e. The van der Waals surface area contributed by atoms with Gasteiger partial charge >= 0.3 is 5.97 Å². The van der Waals surface area contributed by atoms with Crippen LogP contribution >= 0.6 is 0 Å². The molecule has 114 valence electrons. The second-order valence-electron chi connectivity index (χ2n) is 4.74. The minimum Gasteiger partial charge on any atom is -0.478 e. The summed E-state index contributed by atoms with van der Waals surface area (Å²) < 4.78 is 0. The van der Waals surface area contributed by atoms with Crippen molar-refractivity contribution in [2.75, 3.05) is 0 Å². The van der Waals surface area contributed by atoms with Crippen molar-refractivity contribution < 1.29 is 19.5 Å². The van der Waals surface area contributed by atoms with Gasteiger partial charge in [-0.3, -0.25) is 9.59 Å². The van der Waals surface area contributed by atoms with E-state index in [0.717, 1.165) is 11.6 Å². The number of benzene rings is 2. The summed E-state index contributed by atoms with van der Waals surface area (Å²) in [6.07, 6.45) is 5.99. The molecule has 0 atom stereocenters. The van der Waals surface area contributed by atoms with Crippen LogP contribution in [0, 0.1) is 0 Å². The molecule has 0 radical (unpaired) electrons. The maximum absolute atomic E-state index is 12.4. The van der Waals surface area contributed by atoms with Gasteiger partial charge in [-0.25, -0.2) is 4.79 Å². The normalized spacial score (nSPS) is 11.0. The largest absolute Gasteiger partial charge is 0.478 e. The maximum Gasteiger partial charge on any atom is 0.328 e. The number of hydrogen-bond donors (Lipinski definition) is 1. The van der Waals surface area contributed by atoms with E-state index in [9.17, 15) is 14.4 Å². The zero-order valence-corrected chi connectivity index (χ0v) is 12.2. The van der Waals surface area contributed by atoms with Crippen LogP contribution in [0.25, 0.3) is 12.2 Å². The van der Waals surface area contributed by atoms with E-state index in [0.29, 0.717) is 17.4 Å². The van der Waals surface area contributed by atoms with Gasteiger partial charge in [0.2, 0.25) is 0 Å². The van der Waals surface area contributed by atoms with Gasteiger partial charge < -0.3 is 5.11 Å². The number of carboxylic acid groups (broad SMARTS) is 1. The molecular weight excluding hydrogens is 292 g/mol. The lowest BCUT2D eigenvalue weighted by molar-refractivity contribution is -0.131. The van der Waals surface area contributed by atoms with Crippen LogP contribution in [0.15, 0.2) is 60.7 Å². The summed E-state index contributed by atoms with van der Waals surface area (Å²) >= 11 is 0. The molecule has 0 saturated carbocycles. The molecule has 2 aromatic carbocycles. The molecule has 0 aromatic heterocycles. The minimum absolute atomic E-state index is 0.277. The van der Waals surface area contributed by atoms with Crippen LogP contribution < -0.4 is 0 Å². The van der Waals surface area contributed by atoms with Crippen LogP contribution in [0.3, 0.4) is 0 Å². The molecule has 23 heavy (non-hydrogen) atoms. The van der Waals surface area contributed by atoms with E-state index in [1.165, 1.54) is 24.3 Å². The molecule has 0 unspecified atom stereocenters. The standard InChI is InChI=1S/C19H14O4/c20-13-15-6-8-16(9-11-19(22)23)17(12-15)18(21)10-7-14-4-2-1-3-5-14/h1-13H,(H,22,23). The Morgan fingerprint density at radius 3 is 2.26 bits per heavy atom. The summed E-state index contributed by atoms with van der Waals surface area (Å²) in [6, 6.07) is 13.8. The first kappa shape index (κ1) is 16.1. The molecule has 0 bridgehead atoms. The van der Waals surface area contributed by atoms with Crippen molar-refractivity contribution in [2.45, 2.75) is 0 Å². The Morgan fingerprint density at radius 2 is 1.61 bits per heavy atom. The Kier molecular flexibility index (Phi) is 5.36. The predicted molar refractivity (Wildman–Crippen MR) is 88.3 cm³/mol. The molecule has 0 aliphatic rings. The first-order valence-electron chi connectivity index (χ1n) is 6.88. The van der Waals surface area contributed by atoms with Crippen LogP contribution in [-0.2, 0) is 4.79 Å². The molecule has 4 heteroatoms. The highest BCUT2D eigenvalue weighted by Crippen LogP contribution is 2.15. The molecule has 0 aliphatic carbocycles. The van der Waals surface area contributed by atoms with Gasteiger partial charge in [-0.1, -0.05) is 48.5 Å². The van der Waals surface area contributed by atoms with E-state index >= 15 is 0 Å². The second kappa shape index (κ2) is 7.66. The number of carboxylic acids is 1. The van der Waals surface area contributed by atoms with Crippen molar-refractivity contribution in [3.05, 3.63) is 82.9 Å². The quantitative estimate of drug-likeness (QED) is 0.504. The third kappa shape index (κ3) is 4.61. The van der Waals surface area contributed by atoms with Gasteiger partial charge in [0, 0.05) is 17.2 Å². The first-order chi connectivity index (χ1) is 11.1. The SMILES string of the molecule is O=Cc1ccc(C=CC(=O)O)c(C(=O)C=Cc2ccccc2)c1. The third-order valence-corrected chi connectivity index (χ3v) is 3.11. The van der Waals surface area contributed by atoms with Crippen LogP contribution in [0.2, 0.25) is 0 Å². The van der Waals surface area contributed by atoms with E-state index in [1.807, 2.05) is 30.3 Å². The number of aldehydes is 1. The topological polar surface area (TPSA) is 71.4 Å². The number of aliphatic carboxylic acids is 1. The molecule has 0 amide bonds. The van der Waals surface area contributed by atoms with Crippen LogP contribution in [0.5, 0.6) is 0 Å². The Bertz CT molecular complexity index is 786. The average Bonchev–Trinajstić information content (AvgIpc) is 2.58. The lowest BCUT2D eigenvalue weighted by Gasteiger charge is -2.03. The zero-order valence-electron chi connectivity index (χ0n) is 12.2. The summed E-state index contributed by atoms with van der Waals surface area (Å²) in [5.74, 6) is -1.41. The van der Waals surface area contributed by atoms with Crippen molar-refractivity contribution in [1.29, 1.82) is 0 Å². The highest BCUT2D eigenvalue weighted by molar-refractivity contribution is 6.10. The second-order valence-corrected chi connectivity index (χ2v) is 4.74. The predicted octanol–water partition coefficient (Wildman–Crippen LogP) is 3.49. The van der Waals surface area contributed by atoms with E-state index in [4.69, 9.17) is 5.11 Å². The van der Waals surface area contributed by atoms with Crippen molar-refractivity contribution in [3.63, 3.8) is 0 Å². The number of ketones is 1. The summed E-state index contributed by atoms with van der Waals surface area (Å²) in [5, 5.41) is 8.72. The molecular formula is C19H14O4. The zero-order chi connectivity index (χ0) is 16.7. The Labute approximate surface area is 133 Å². The van der Waals surface area contributed by atoms with Crippen LogP contribution in [0.1, 0.15) is 31.8 Å². The van der Waals surface area contributed by atoms with Gasteiger partial charge in [-0.05, 0) is 29.3 Å². The van der Waals surface area contributed by atoms with Crippen LogP contribution in [-0.4, -0.2) is 23.1 Å². The van der Waals surface area contributed by atoms with E-state index in [1.54, 1.807) is 12.1 Å². The molecule has 0 saturated heterocycles. The first-order valence-corrected chi connectivity index (χ1v) is 6.88. The maximum atomic E-state index is 12.4. The van der Waals surface area contributed by atoms with Crippen molar-refractivity contribution >= 4 is 30.2 Å². The fraction of sp³-hybridized carbons (Fsp3) is 0. The van der Waals surface area contributed by atoms with Gasteiger partial charge in [0.15, 0.2) is 5.78 Å². The van der Waals surface area contributed by atoms with Gasteiger partial charge in [-0.2, -0.15) is 0 Å². The Morgan fingerprint density at radius 1 is 0.870 bits per heavy atom.